The lowest BCUT2D eigenvalue weighted by molar-refractivity contribution is -0.274. The topological polar surface area (TPSA) is 50.4 Å². The standard InChI is InChI=1S/C15H17F3N2O2/c1-13-7-14(8-13,9-13)20-12(21)19-6-10-3-2-4-11(5-10)22-15(16,17)18/h2-5H,6-9H2,1H3,(H2,19,20,21). The highest BCUT2D eigenvalue weighted by molar-refractivity contribution is 5.75. The first kappa shape index (κ1) is 15.0. The molecule has 0 radical (unpaired) electrons. The lowest BCUT2D eigenvalue weighted by Crippen LogP contribution is -2.74. The molecule has 3 fully saturated rings. The van der Waals surface area contributed by atoms with Crippen LogP contribution in [0.25, 0.3) is 0 Å². The molecule has 120 valence electrons. The first-order valence-corrected chi connectivity index (χ1v) is 7.08. The Morgan fingerprint density at radius 2 is 2.00 bits per heavy atom. The van der Waals surface area contributed by atoms with Gasteiger partial charge < -0.3 is 15.4 Å². The van der Waals surface area contributed by atoms with Crippen LogP contribution in [0.4, 0.5) is 18.0 Å². The van der Waals surface area contributed by atoms with E-state index in [0.29, 0.717) is 11.0 Å². The average molecular weight is 314 g/mol. The molecular formula is C15H17F3N2O2. The Bertz CT molecular complexity index is 581. The summed E-state index contributed by atoms with van der Waals surface area (Å²) in [7, 11) is 0. The maximum absolute atomic E-state index is 12.2. The van der Waals surface area contributed by atoms with Crippen molar-refractivity contribution in [1.29, 1.82) is 0 Å². The number of alkyl halides is 3. The van der Waals surface area contributed by atoms with E-state index >= 15 is 0 Å². The van der Waals surface area contributed by atoms with Gasteiger partial charge in [0, 0.05) is 12.1 Å². The van der Waals surface area contributed by atoms with Gasteiger partial charge in [-0.2, -0.15) is 0 Å². The Labute approximate surface area is 126 Å². The number of carbonyl (C=O) groups excluding carboxylic acids is 1. The molecule has 4 nitrogen and oxygen atoms in total. The molecule has 2 N–H and O–H groups in total. The summed E-state index contributed by atoms with van der Waals surface area (Å²) in [6.07, 6.45) is -1.71. The minimum Gasteiger partial charge on any atom is -0.406 e. The van der Waals surface area contributed by atoms with E-state index in [1.54, 1.807) is 6.07 Å². The number of nitrogens with one attached hydrogen (secondary N) is 2. The minimum atomic E-state index is -4.72. The van der Waals surface area contributed by atoms with Gasteiger partial charge in [0.05, 0.1) is 0 Å². The third-order valence-corrected chi connectivity index (χ3v) is 4.26. The molecule has 0 saturated heterocycles. The number of urea groups is 1. The van der Waals surface area contributed by atoms with Crippen molar-refractivity contribution in [2.75, 3.05) is 0 Å². The Morgan fingerprint density at radius 3 is 2.59 bits per heavy atom. The van der Waals surface area contributed by atoms with Gasteiger partial charge in [-0.3, -0.25) is 0 Å². The lowest BCUT2D eigenvalue weighted by atomic mass is 9.40. The Kier molecular flexibility index (Phi) is 3.27. The van der Waals surface area contributed by atoms with Gasteiger partial charge in [-0.1, -0.05) is 19.1 Å². The molecule has 7 heteroatoms. The molecule has 4 rings (SSSR count). The first-order chi connectivity index (χ1) is 10.2. The van der Waals surface area contributed by atoms with Crippen LogP contribution < -0.4 is 15.4 Å². The molecule has 0 unspecified atom stereocenters. The van der Waals surface area contributed by atoms with Gasteiger partial charge in [-0.25, -0.2) is 4.79 Å². The van der Waals surface area contributed by atoms with Crippen LogP contribution in [-0.4, -0.2) is 17.9 Å². The smallest absolute Gasteiger partial charge is 0.406 e. The Balaban J connectivity index is 1.49. The second-order valence-corrected chi connectivity index (χ2v) is 6.62. The SMILES string of the molecule is CC12CC(NC(=O)NCc3cccc(OC(F)(F)F)c3)(C1)C2. The summed E-state index contributed by atoms with van der Waals surface area (Å²) < 4.78 is 40.3. The molecule has 3 aliphatic carbocycles. The summed E-state index contributed by atoms with van der Waals surface area (Å²) in [5.74, 6) is -0.292. The van der Waals surface area contributed by atoms with Crippen molar-refractivity contribution in [2.45, 2.75) is 44.6 Å². The molecule has 0 aliphatic heterocycles. The zero-order valence-electron chi connectivity index (χ0n) is 12.1. The molecule has 1 aromatic carbocycles. The van der Waals surface area contributed by atoms with Gasteiger partial charge in [-0.05, 0) is 42.4 Å². The van der Waals surface area contributed by atoms with E-state index in [1.165, 1.54) is 18.2 Å². The zero-order chi connectivity index (χ0) is 16.0. The third kappa shape index (κ3) is 3.13. The number of ether oxygens (including phenoxy) is 1. The number of carbonyl (C=O) groups is 1. The van der Waals surface area contributed by atoms with Crippen LogP contribution in [0, 0.1) is 5.41 Å². The molecule has 0 heterocycles. The van der Waals surface area contributed by atoms with Crippen LogP contribution >= 0.6 is 0 Å². The molecule has 0 spiro atoms. The van der Waals surface area contributed by atoms with E-state index in [4.69, 9.17) is 0 Å². The van der Waals surface area contributed by atoms with E-state index in [1.807, 2.05) is 0 Å². The largest absolute Gasteiger partial charge is 0.573 e. The molecule has 2 bridgehead atoms. The van der Waals surface area contributed by atoms with E-state index in [2.05, 4.69) is 22.3 Å². The maximum Gasteiger partial charge on any atom is 0.573 e. The second kappa shape index (κ2) is 4.79. The van der Waals surface area contributed by atoms with Gasteiger partial charge in [0.1, 0.15) is 5.75 Å². The van der Waals surface area contributed by atoms with Crippen LogP contribution in [0.3, 0.4) is 0 Å². The molecule has 2 amide bonds. The predicted octanol–water partition coefficient (Wildman–Crippen LogP) is 3.33. The minimum absolute atomic E-state index is 0.0555. The van der Waals surface area contributed by atoms with Gasteiger partial charge in [-0.15, -0.1) is 13.2 Å². The summed E-state index contributed by atoms with van der Waals surface area (Å²) in [4.78, 5) is 11.8. The summed E-state index contributed by atoms with van der Waals surface area (Å²) in [5, 5.41) is 5.61. The summed E-state index contributed by atoms with van der Waals surface area (Å²) in [6.45, 7) is 2.34. The molecule has 22 heavy (non-hydrogen) atoms. The maximum atomic E-state index is 12.2. The van der Waals surface area contributed by atoms with Crippen molar-refractivity contribution < 1.29 is 22.7 Å². The molecule has 0 aromatic heterocycles. The van der Waals surface area contributed by atoms with E-state index < -0.39 is 6.36 Å². The van der Waals surface area contributed by atoms with Gasteiger partial charge in [0.25, 0.3) is 0 Å². The fourth-order valence-electron chi connectivity index (χ4n) is 3.75. The molecule has 1 aromatic rings. The second-order valence-electron chi connectivity index (χ2n) is 6.62. The quantitative estimate of drug-likeness (QED) is 0.895. The summed E-state index contributed by atoms with van der Waals surface area (Å²) in [5.41, 5.74) is 0.887. The molecular weight excluding hydrogens is 297 g/mol. The number of amides is 2. The highest BCUT2D eigenvalue weighted by Gasteiger charge is 2.65. The highest BCUT2D eigenvalue weighted by atomic mass is 19.4. The number of halogens is 3. The monoisotopic (exact) mass is 314 g/mol. The zero-order valence-corrected chi connectivity index (χ0v) is 12.1. The fraction of sp³-hybridized carbons (Fsp3) is 0.533. The van der Waals surface area contributed by atoms with Crippen LogP contribution in [-0.2, 0) is 6.54 Å². The van der Waals surface area contributed by atoms with E-state index in [9.17, 15) is 18.0 Å². The van der Waals surface area contributed by atoms with Crippen molar-refractivity contribution in [3.8, 4) is 5.75 Å². The highest BCUT2D eigenvalue weighted by Crippen LogP contribution is 2.66. The molecule has 3 aliphatic rings. The van der Waals surface area contributed by atoms with Crippen LogP contribution in [0.15, 0.2) is 24.3 Å². The first-order valence-electron chi connectivity index (χ1n) is 7.08. The van der Waals surface area contributed by atoms with Gasteiger partial charge >= 0.3 is 12.4 Å². The third-order valence-electron chi connectivity index (χ3n) is 4.26. The predicted molar refractivity (Wildman–Crippen MR) is 73.2 cm³/mol. The number of benzene rings is 1. The van der Waals surface area contributed by atoms with Gasteiger partial charge in [0.2, 0.25) is 0 Å². The summed E-state index contributed by atoms with van der Waals surface area (Å²) >= 11 is 0. The Morgan fingerprint density at radius 1 is 1.32 bits per heavy atom. The van der Waals surface area contributed by atoms with E-state index in [-0.39, 0.29) is 23.9 Å². The number of rotatable bonds is 4. The Hall–Kier alpha value is -1.92. The fourth-order valence-corrected chi connectivity index (χ4v) is 3.75. The van der Waals surface area contributed by atoms with Crippen molar-refractivity contribution in [2.24, 2.45) is 5.41 Å². The molecule has 0 atom stereocenters. The van der Waals surface area contributed by atoms with Crippen LogP contribution in [0.1, 0.15) is 31.7 Å². The van der Waals surface area contributed by atoms with E-state index in [0.717, 1.165) is 19.3 Å². The normalized spacial score (nSPS) is 29.1. The molecule has 3 saturated carbocycles. The average Bonchev–Trinajstić information content (AvgIpc) is 2.31. The number of hydrogen-bond acceptors (Lipinski definition) is 2. The van der Waals surface area contributed by atoms with Crippen molar-refractivity contribution in [3.05, 3.63) is 29.8 Å². The van der Waals surface area contributed by atoms with Crippen molar-refractivity contribution >= 4 is 6.03 Å². The van der Waals surface area contributed by atoms with Gasteiger partial charge in [0.15, 0.2) is 0 Å². The van der Waals surface area contributed by atoms with Crippen molar-refractivity contribution in [3.63, 3.8) is 0 Å². The van der Waals surface area contributed by atoms with Crippen LogP contribution in [0.2, 0.25) is 0 Å². The number of hydrogen-bond donors (Lipinski definition) is 2. The van der Waals surface area contributed by atoms with Crippen LogP contribution in [0.5, 0.6) is 5.75 Å². The summed E-state index contributed by atoms with van der Waals surface area (Å²) in [6, 6.07) is 5.28. The van der Waals surface area contributed by atoms with Crippen molar-refractivity contribution in [1.82, 2.24) is 10.6 Å². The lowest BCUT2D eigenvalue weighted by Gasteiger charge is -2.69.